The van der Waals surface area contributed by atoms with Gasteiger partial charge in [-0.15, -0.1) is 0 Å². The molecule has 7 nitrogen and oxygen atoms in total. The van der Waals surface area contributed by atoms with Crippen molar-refractivity contribution in [1.82, 2.24) is 15.0 Å². The molecule has 0 atom stereocenters. The molecule has 0 bridgehead atoms. The Morgan fingerprint density at radius 1 is 1.03 bits per heavy atom. The standard InChI is InChI=1S/C23H32N4O3/c1-5-11-25(6-2)20-9-7-19(8-10-20)23(29)27-14-12-26(13-15-27)22(28)16-21-17(3)24-30-18(21)4/h7-10H,5-6,11-16H2,1-4H3. The first kappa shape index (κ1) is 21.9. The molecule has 30 heavy (non-hydrogen) atoms. The zero-order valence-corrected chi connectivity index (χ0v) is 18.5. The van der Waals surface area contributed by atoms with E-state index in [9.17, 15) is 9.59 Å². The zero-order valence-electron chi connectivity index (χ0n) is 18.5. The lowest BCUT2D eigenvalue weighted by Crippen LogP contribution is -2.51. The summed E-state index contributed by atoms with van der Waals surface area (Å²) in [5.74, 6) is 0.771. The Morgan fingerprint density at radius 2 is 1.67 bits per heavy atom. The molecule has 2 heterocycles. The average molecular weight is 413 g/mol. The fraction of sp³-hybridized carbons (Fsp3) is 0.522. The van der Waals surface area contributed by atoms with Gasteiger partial charge in [0.2, 0.25) is 5.91 Å². The molecule has 7 heteroatoms. The summed E-state index contributed by atoms with van der Waals surface area (Å²) in [7, 11) is 0. The van der Waals surface area contributed by atoms with Crippen molar-refractivity contribution in [2.24, 2.45) is 0 Å². The number of amides is 2. The molecule has 3 rings (SSSR count). The molecule has 2 aromatic rings. The average Bonchev–Trinajstić information content (AvgIpc) is 3.09. The number of carbonyl (C=O) groups excluding carboxylic acids is 2. The van der Waals surface area contributed by atoms with E-state index in [0.717, 1.165) is 36.5 Å². The fourth-order valence-electron chi connectivity index (χ4n) is 3.91. The second kappa shape index (κ2) is 9.78. The zero-order chi connectivity index (χ0) is 21.7. The molecule has 0 spiro atoms. The summed E-state index contributed by atoms with van der Waals surface area (Å²) in [4.78, 5) is 31.5. The number of rotatable bonds is 7. The maximum Gasteiger partial charge on any atom is 0.253 e. The molecule has 162 valence electrons. The number of anilines is 1. The number of aryl methyl sites for hydroxylation is 2. The first-order valence-corrected chi connectivity index (χ1v) is 10.8. The topological polar surface area (TPSA) is 69.9 Å². The van der Waals surface area contributed by atoms with Gasteiger partial charge in [-0.2, -0.15) is 0 Å². The maximum atomic E-state index is 12.9. The summed E-state index contributed by atoms with van der Waals surface area (Å²) in [6.07, 6.45) is 1.38. The third-order valence-electron chi connectivity index (χ3n) is 5.78. The van der Waals surface area contributed by atoms with Crippen molar-refractivity contribution in [1.29, 1.82) is 0 Å². The lowest BCUT2D eigenvalue weighted by molar-refractivity contribution is -0.131. The van der Waals surface area contributed by atoms with Crippen LogP contribution in [0, 0.1) is 13.8 Å². The molecule has 1 aliphatic heterocycles. The van der Waals surface area contributed by atoms with Gasteiger partial charge >= 0.3 is 0 Å². The molecule has 1 aliphatic rings. The van der Waals surface area contributed by atoms with Crippen molar-refractivity contribution in [3.05, 3.63) is 46.8 Å². The van der Waals surface area contributed by atoms with Crippen LogP contribution in [-0.2, 0) is 11.2 Å². The highest BCUT2D eigenvalue weighted by atomic mass is 16.5. The van der Waals surface area contributed by atoms with E-state index in [2.05, 4.69) is 23.9 Å². The second-order valence-electron chi connectivity index (χ2n) is 7.78. The van der Waals surface area contributed by atoms with Gasteiger partial charge in [-0.05, 0) is 51.5 Å². The summed E-state index contributed by atoms with van der Waals surface area (Å²) < 4.78 is 5.15. The molecule has 1 saturated heterocycles. The fourth-order valence-corrected chi connectivity index (χ4v) is 3.91. The Balaban J connectivity index is 1.55. The van der Waals surface area contributed by atoms with Crippen LogP contribution in [0.5, 0.6) is 0 Å². The largest absolute Gasteiger partial charge is 0.372 e. The number of hydrogen-bond donors (Lipinski definition) is 0. The third kappa shape index (κ3) is 4.83. The second-order valence-corrected chi connectivity index (χ2v) is 7.78. The maximum absolute atomic E-state index is 12.9. The highest BCUT2D eigenvalue weighted by Gasteiger charge is 2.26. The van der Waals surface area contributed by atoms with E-state index >= 15 is 0 Å². The molecule has 2 amide bonds. The summed E-state index contributed by atoms with van der Waals surface area (Å²) >= 11 is 0. The molecule has 1 fully saturated rings. The Labute approximate surface area is 178 Å². The van der Waals surface area contributed by atoms with Crippen molar-refractivity contribution in [3.8, 4) is 0 Å². The first-order chi connectivity index (χ1) is 14.4. The number of piperazine rings is 1. The van der Waals surface area contributed by atoms with Crippen LogP contribution >= 0.6 is 0 Å². The van der Waals surface area contributed by atoms with Gasteiger partial charge in [0.15, 0.2) is 0 Å². The van der Waals surface area contributed by atoms with Gasteiger partial charge in [-0.25, -0.2) is 0 Å². The van der Waals surface area contributed by atoms with E-state index in [1.165, 1.54) is 0 Å². The predicted molar refractivity (Wildman–Crippen MR) is 117 cm³/mol. The van der Waals surface area contributed by atoms with Gasteiger partial charge in [0, 0.05) is 56.1 Å². The van der Waals surface area contributed by atoms with Crippen molar-refractivity contribution < 1.29 is 14.1 Å². The van der Waals surface area contributed by atoms with Crippen molar-refractivity contribution in [2.75, 3.05) is 44.2 Å². The van der Waals surface area contributed by atoms with Gasteiger partial charge in [-0.3, -0.25) is 9.59 Å². The normalized spacial score (nSPS) is 14.1. The van der Waals surface area contributed by atoms with Crippen molar-refractivity contribution in [2.45, 2.75) is 40.5 Å². The van der Waals surface area contributed by atoms with E-state index in [-0.39, 0.29) is 11.8 Å². The van der Waals surface area contributed by atoms with Crippen molar-refractivity contribution >= 4 is 17.5 Å². The Bertz CT molecular complexity index is 848. The molecule has 0 radical (unpaired) electrons. The number of carbonyl (C=O) groups is 2. The first-order valence-electron chi connectivity index (χ1n) is 10.8. The number of hydrogen-bond acceptors (Lipinski definition) is 5. The van der Waals surface area contributed by atoms with Gasteiger partial charge in [0.1, 0.15) is 5.76 Å². The van der Waals surface area contributed by atoms with Gasteiger partial charge < -0.3 is 19.2 Å². The van der Waals surface area contributed by atoms with E-state index in [0.29, 0.717) is 43.9 Å². The minimum atomic E-state index is 0.0258. The molecule has 0 saturated carbocycles. The van der Waals surface area contributed by atoms with Crippen LogP contribution in [0.3, 0.4) is 0 Å². The van der Waals surface area contributed by atoms with Gasteiger partial charge in [0.25, 0.3) is 5.91 Å². The van der Waals surface area contributed by atoms with Crippen LogP contribution in [0.2, 0.25) is 0 Å². The van der Waals surface area contributed by atoms with Gasteiger partial charge in [0.05, 0.1) is 12.1 Å². The Morgan fingerprint density at radius 3 is 2.20 bits per heavy atom. The quantitative estimate of drug-likeness (QED) is 0.699. The number of benzene rings is 1. The molecular weight excluding hydrogens is 380 g/mol. The summed E-state index contributed by atoms with van der Waals surface area (Å²) in [6, 6.07) is 7.86. The minimum absolute atomic E-state index is 0.0258. The SMILES string of the molecule is CCCN(CC)c1ccc(C(=O)N2CCN(C(=O)Cc3c(C)noc3C)CC2)cc1. The molecule has 1 aromatic carbocycles. The molecule has 0 N–H and O–H groups in total. The van der Waals surface area contributed by atoms with E-state index in [1.54, 1.807) is 0 Å². The Hall–Kier alpha value is -2.83. The minimum Gasteiger partial charge on any atom is -0.372 e. The molecule has 0 unspecified atom stereocenters. The van der Waals surface area contributed by atoms with Crippen LogP contribution < -0.4 is 4.90 Å². The van der Waals surface area contributed by atoms with Crippen LogP contribution in [0.25, 0.3) is 0 Å². The summed E-state index contributed by atoms with van der Waals surface area (Å²) in [5.41, 5.74) is 3.47. The third-order valence-corrected chi connectivity index (χ3v) is 5.78. The van der Waals surface area contributed by atoms with Crippen LogP contribution in [0.15, 0.2) is 28.8 Å². The molecular formula is C23H32N4O3. The summed E-state index contributed by atoms with van der Waals surface area (Å²) in [6.45, 7) is 12.1. The molecule has 1 aromatic heterocycles. The van der Waals surface area contributed by atoms with Crippen LogP contribution in [0.1, 0.15) is 47.6 Å². The summed E-state index contributed by atoms with van der Waals surface area (Å²) in [5, 5.41) is 3.91. The van der Waals surface area contributed by atoms with Crippen molar-refractivity contribution in [3.63, 3.8) is 0 Å². The number of aromatic nitrogens is 1. The lowest BCUT2D eigenvalue weighted by atomic mass is 10.1. The smallest absolute Gasteiger partial charge is 0.253 e. The highest BCUT2D eigenvalue weighted by molar-refractivity contribution is 5.94. The molecule has 0 aliphatic carbocycles. The monoisotopic (exact) mass is 412 g/mol. The predicted octanol–water partition coefficient (Wildman–Crippen LogP) is 3.05. The highest BCUT2D eigenvalue weighted by Crippen LogP contribution is 2.18. The van der Waals surface area contributed by atoms with Crippen LogP contribution in [0.4, 0.5) is 5.69 Å². The number of nitrogens with zero attached hydrogens (tertiary/aromatic N) is 4. The van der Waals surface area contributed by atoms with Gasteiger partial charge in [-0.1, -0.05) is 12.1 Å². The lowest BCUT2D eigenvalue weighted by Gasteiger charge is -2.35. The van der Waals surface area contributed by atoms with E-state index < -0.39 is 0 Å². The Kier molecular flexibility index (Phi) is 7.13. The van der Waals surface area contributed by atoms with E-state index in [1.807, 2.05) is 47.9 Å². The van der Waals surface area contributed by atoms with Crippen LogP contribution in [-0.4, -0.2) is 66.0 Å². The van der Waals surface area contributed by atoms with E-state index in [4.69, 9.17) is 4.52 Å².